The maximum absolute atomic E-state index is 4.27. The van der Waals surface area contributed by atoms with Crippen LogP contribution < -0.4 is 10.2 Å². The van der Waals surface area contributed by atoms with E-state index >= 15 is 0 Å². The summed E-state index contributed by atoms with van der Waals surface area (Å²) in [5, 5.41) is 4.65. The Kier molecular flexibility index (Phi) is 2.28. The lowest BCUT2D eigenvalue weighted by Gasteiger charge is -2.27. The number of aromatic nitrogens is 1. The van der Waals surface area contributed by atoms with Crippen molar-refractivity contribution in [3.63, 3.8) is 0 Å². The van der Waals surface area contributed by atoms with E-state index in [9.17, 15) is 0 Å². The van der Waals surface area contributed by atoms with Gasteiger partial charge < -0.3 is 10.2 Å². The molecule has 0 aromatic carbocycles. The summed E-state index contributed by atoms with van der Waals surface area (Å²) in [5.74, 6) is 0. The molecule has 1 saturated heterocycles. The van der Waals surface area contributed by atoms with Crippen molar-refractivity contribution in [3.8, 4) is 0 Å². The van der Waals surface area contributed by atoms with Crippen LogP contribution in [0.15, 0.2) is 6.07 Å². The van der Waals surface area contributed by atoms with Crippen molar-refractivity contribution in [2.24, 2.45) is 0 Å². The van der Waals surface area contributed by atoms with Crippen molar-refractivity contribution < 1.29 is 0 Å². The molecule has 1 N–H and O–H groups in total. The summed E-state index contributed by atoms with van der Waals surface area (Å²) in [5.41, 5.74) is 1.13. The Hall–Kier alpha value is -0.610. The van der Waals surface area contributed by atoms with Gasteiger partial charge in [0.05, 0.1) is 5.69 Å². The molecule has 3 nitrogen and oxygen atoms in total. The number of piperazine rings is 1. The Morgan fingerprint density at radius 1 is 1.50 bits per heavy atom. The minimum absolute atomic E-state index is 1.09. The van der Waals surface area contributed by atoms with Gasteiger partial charge in [-0.05, 0) is 24.5 Å². The van der Waals surface area contributed by atoms with Crippen LogP contribution in [0, 0.1) is 6.92 Å². The lowest BCUT2D eigenvalue weighted by atomic mass is 10.3. The van der Waals surface area contributed by atoms with Crippen LogP contribution in [0.5, 0.6) is 0 Å². The zero-order chi connectivity index (χ0) is 8.39. The van der Waals surface area contributed by atoms with Gasteiger partial charge in [-0.2, -0.15) is 4.37 Å². The topological polar surface area (TPSA) is 28.2 Å². The first-order valence-electron chi connectivity index (χ1n) is 4.25. The van der Waals surface area contributed by atoms with Crippen LogP contribution in [0.1, 0.15) is 5.69 Å². The van der Waals surface area contributed by atoms with Crippen LogP contribution in [0.2, 0.25) is 0 Å². The molecular weight excluding hydrogens is 170 g/mol. The maximum Gasteiger partial charge on any atom is 0.112 e. The number of hydrogen-bond acceptors (Lipinski definition) is 4. The second-order valence-electron chi connectivity index (χ2n) is 3.04. The van der Waals surface area contributed by atoms with Crippen molar-refractivity contribution >= 4 is 16.5 Å². The zero-order valence-corrected chi connectivity index (χ0v) is 8.02. The van der Waals surface area contributed by atoms with E-state index in [1.54, 1.807) is 11.5 Å². The second kappa shape index (κ2) is 3.41. The molecule has 0 atom stereocenters. The van der Waals surface area contributed by atoms with E-state index < -0.39 is 0 Å². The first kappa shape index (κ1) is 8.01. The van der Waals surface area contributed by atoms with E-state index in [4.69, 9.17) is 0 Å². The molecule has 0 amide bonds. The van der Waals surface area contributed by atoms with Crippen LogP contribution in [0.4, 0.5) is 5.00 Å². The third-order valence-corrected chi connectivity index (χ3v) is 2.99. The highest BCUT2D eigenvalue weighted by atomic mass is 32.1. The highest BCUT2D eigenvalue weighted by Crippen LogP contribution is 2.21. The van der Waals surface area contributed by atoms with Gasteiger partial charge in [-0.3, -0.25) is 0 Å². The Balaban J connectivity index is 2.08. The van der Waals surface area contributed by atoms with Crippen LogP contribution in [-0.4, -0.2) is 30.6 Å². The monoisotopic (exact) mass is 183 g/mol. The summed E-state index contributed by atoms with van der Waals surface area (Å²) >= 11 is 1.60. The van der Waals surface area contributed by atoms with Gasteiger partial charge in [-0.25, -0.2) is 0 Å². The molecule has 1 aromatic heterocycles. The van der Waals surface area contributed by atoms with Gasteiger partial charge >= 0.3 is 0 Å². The first-order valence-corrected chi connectivity index (χ1v) is 5.02. The Morgan fingerprint density at radius 3 is 2.83 bits per heavy atom. The first-order chi connectivity index (χ1) is 5.86. The molecular formula is C8H13N3S. The molecule has 0 spiro atoms. The molecule has 1 aliphatic heterocycles. The molecule has 12 heavy (non-hydrogen) atoms. The number of aryl methyl sites for hydroxylation is 1. The summed E-state index contributed by atoms with van der Waals surface area (Å²) in [6.45, 7) is 6.46. The molecule has 1 fully saturated rings. The number of rotatable bonds is 1. The molecule has 0 aliphatic carbocycles. The Bertz CT molecular complexity index is 253. The molecule has 0 unspecified atom stereocenters. The quantitative estimate of drug-likeness (QED) is 0.700. The number of nitrogens with zero attached hydrogens (tertiary/aromatic N) is 2. The smallest absolute Gasteiger partial charge is 0.112 e. The molecule has 66 valence electrons. The minimum Gasteiger partial charge on any atom is -0.360 e. The average Bonchev–Trinajstić information content (AvgIpc) is 2.54. The summed E-state index contributed by atoms with van der Waals surface area (Å²) in [6, 6.07) is 2.16. The summed E-state index contributed by atoms with van der Waals surface area (Å²) in [4.78, 5) is 2.39. The van der Waals surface area contributed by atoms with Gasteiger partial charge in [0.2, 0.25) is 0 Å². The van der Waals surface area contributed by atoms with E-state index in [2.05, 4.69) is 20.7 Å². The fourth-order valence-electron chi connectivity index (χ4n) is 1.38. The SMILES string of the molecule is Cc1cc(N2CCNCC2)sn1. The Morgan fingerprint density at radius 2 is 2.25 bits per heavy atom. The third kappa shape index (κ3) is 1.59. The fraction of sp³-hybridized carbons (Fsp3) is 0.625. The fourth-order valence-corrected chi connectivity index (χ4v) is 2.20. The van der Waals surface area contributed by atoms with E-state index in [0.717, 1.165) is 31.9 Å². The van der Waals surface area contributed by atoms with E-state index in [-0.39, 0.29) is 0 Å². The maximum atomic E-state index is 4.27. The van der Waals surface area contributed by atoms with Gasteiger partial charge in [-0.1, -0.05) is 0 Å². The summed E-state index contributed by atoms with van der Waals surface area (Å²) in [7, 11) is 0. The summed E-state index contributed by atoms with van der Waals surface area (Å²) in [6.07, 6.45) is 0. The largest absolute Gasteiger partial charge is 0.360 e. The van der Waals surface area contributed by atoms with Crippen LogP contribution in [0.3, 0.4) is 0 Å². The molecule has 0 bridgehead atoms. The third-order valence-electron chi connectivity index (χ3n) is 2.04. The van der Waals surface area contributed by atoms with Gasteiger partial charge in [0.25, 0.3) is 0 Å². The lowest BCUT2D eigenvalue weighted by molar-refractivity contribution is 0.592. The molecule has 4 heteroatoms. The van der Waals surface area contributed by atoms with Gasteiger partial charge in [0, 0.05) is 26.2 Å². The average molecular weight is 183 g/mol. The lowest BCUT2D eigenvalue weighted by Crippen LogP contribution is -2.43. The number of nitrogens with one attached hydrogen (secondary N) is 1. The highest BCUT2D eigenvalue weighted by molar-refractivity contribution is 7.10. The van der Waals surface area contributed by atoms with Crippen molar-refractivity contribution in [1.29, 1.82) is 0 Å². The van der Waals surface area contributed by atoms with Crippen LogP contribution in [-0.2, 0) is 0 Å². The predicted molar refractivity (Wildman–Crippen MR) is 51.9 cm³/mol. The van der Waals surface area contributed by atoms with Crippen LogP contribution >= 0.6 is 11.5 Å². The molecule has 0 radical (unpaired) electrons. The summed E-state index contributed by atoms with van der Waals surface area (Å²) < 4.78 is 4.27. The normalized spacial score (nSPS) is 18.2. The molecule has 2 rings (SSSR count). The van der Waals surface area contributed by atoms with Crippen molar-refractivity contribution in [2.45, 2.75) is 6.92 Å². The van der Waals surface area contributed by atoms with Crippen molar-refractivity contribution in [1.82, 2.24) is 9.69 Å². The van der Waals surface area contributed by atoms with E-state index in [0.29, 0.717) is 0 Å². The standard InChI is InChI=1S/C8H13N3S/c1-7-6-8(12-10-7)11-4-2-9-3-5-11/h6,9H,2-5H2,1H3. The van der Waals surface area contributed by atoms with Crippen molar-refractivity contribution in [2.75, 3.05) is 31.1 Å². The van der Waals surface area contributed by atoms with Crippen molar-refractivity contribution in [3.05, 3.63) is 11.8 Å². The van der Waals surface area contributed by atoms with Gasteiger partial charge in [-0.15, -0.1) is 0 Å². The van der Waals surface area contributed by atoms with E-state index in [1.807, 2.05) is 6.92 Å². The van der Waals surface area contributed by atoms with E-state index in [1.165, 1.54) is 5.00 Å². The molecule has 1 aliphatic rings. The van der Waals surface area contributed by atoms with Gasteiger partial charge in [0.15, 0.2) is 0 Å². The molecule has 0 saturated carbocycles. The molecule has 2 heterocycles. The number of anilines is 1. The van der Waals surface area contributed by atoms with Crippen LogP contribution in [0.25, 0.3) is 0 Å². The second-order valence-corrected chi connectivity index (χ2v) is 3.83. The van der Waals surface area contributed by atoms with Gasteiger partial charge in [0.1, 0.15) is 5.00 Å². The molecule has 1 aromatic rings. The Labute approximate surface area is 76.6 Å². The zero-order valence-electron chi connectivity index (χ0n) is 7.21. The predicted octanol–water partition coefficient (Wildman–Crippen LogP) is 0.861. The minimum atomic E-state index is 1.09. The number of hydrogen-bond donors (Lipinski definition) is 1. The highest BCUT2D eigenvalue weighted by Gasteiger charge is 2.11.